The molecule has 1 fully saturated rings. The number of carbonyl (C=O) groups excluding carboxylic acids is 3. The molecule has 2 amide bonds. The topological polar surface area (TPSA) is 66.9 Å². The lowest BCUT2D eigenvalue weighted by Gasteiger charge is -2.34. The molecule has 0 radical (unpaired) electrons. The monoisotopic (exact) mass is 492 g/mol. The van der Waals surface area contributed by atoms with Crippen LogP contribution in [0.2, 0.25) is 0 Å². The van der Waals surface area contributed by atoms with Crippen LogP contribution in [0.25, 0.3) is 0 Å². The third-order valence-corrected chi connectivity index (χ3v) is 7.21. The minimum absolute atomic E-state index is 0.0240. The Morgan fingerprint density at radius 3 is 2.36 bits per heavy atom. The van der Waals surface area contributed by atoms with Crippen molar-refractivity contribution < 1.29 is 23.5 Å². The molecule has 1 saturated heterocycles. The lowest BCUT2D eigenvalue weighted by molar-refractivity contribution is -0.140. The molecule has 0 saturated carbocycles. The van der Waals surface area contributed by atoms with E-state index in [2.05, 4.69) is 6.92 Å². The number of piperidine rings is 1. The van der Waals surface area contributed by atoms with Crippen molar-refractivity contribution in [2.75, 3.05) is 19.7 Å². The number of hydrogen-bond donors (Lipinski definition) is 0. The van der Waals surface area contributed by atoms with E-state index in [0.717, 1.165) is 31.5 Å². The predicted molar refractivity (Wildman–Crippen MR) is 134 cm³/mol. The van der Waals surface area contributed by atoms with E-state index in [9.17, 15) is 18.8 Å². The van der Waals surface area contributed by atoms with E-state index < -0.39 is 17.7 Å². The summed E-state index contributed by atoms with van der Waals surface area (Å²) < 4.78 is 19.9. The Balaban J connectivity index is 1.57. The van der Waals surface area contributed by atoms with Gasteiger partial charge in [-0.1, -0.05) is 37.3 Å². The first-order valence-electron chi connectivity index (χ1n) is 12.6. The van der Waals surface area contributed by atoms with Gasteiger partial charge in [0.15, 0.2) is 0 Å². The van der Waals surface area contributed by atoms with E-state index >= 15 is 0 Å². The zero-order valence-electron chi connectivity index (χ0n) is 21.1. The van der Waals surface area contributed by atoms with Gasteiger partial charge in [0.1, 0.15) is 5.82 Å². The second-order valence-electron chi connectivity index (χ2n) is 9.65. The van der Waals surface area contributed by atoms with Gasteiger partial charge in [-0.2, -0.15) is 0 Å². The molecule has 0 N–H and O–H groups in total. The van der Waals surface area contributed by atoms with Crippen molar-refractivity contribution in [2.45, 2.75) is 52.5 Å². The summed E-state index contributed by atoms with van der Waals surface area (Å²) in [7, 11) is 0. The number of benzene rings is 2. The summed E-state index contributed by atoms with van der Waals surface area (Å²) >= 11 is 0. The SMILES string of the molecule is CCOC(=O)C1=C(C)N(Cc2ccc(C(=O)N3CCC(C)CC3)cc2)C(=O)CC1c1ccccc1F. The van der Waals surface area contributed by atoms with Crippen LogP contribution in [0, 0.1) is 11.7 Å². The molecule has 0 spiro atoms. The van der Waals surface area contributed by atoms with E-state index in [1.807, 2.05) is 17.0 Å². The first-order chi connectivity index (χ1) is 17.3. The van der Waals surface area contributed by atoms with Crippen molar-refractivity contribution in [3.8, 4) is 0 Å². The minimum Gasteiger partial charge on any atom is -0.463 e. The molecule has 2 aliphatic heterocycles. The number of allylic oxidation sites excluding steroid dienone is 1. The molecule has 2 aliphatic rings. The molecule has 1 atom stereocenters. The van der Waals surface area contributed by atoms with Crippen molar-refractivity contribution in [1.82, 2.24) is 9.80 Å². The number of nitrogens with zero attached hydrogens (tertiary/aromatic N) is 2. The molecule has 7 heteroatoms. The van der Waals surface area contributed by atoms with E-state index in [4.69, 9.17) is 4.74 Å². The lowest BCUT2D eigenvalue weighted by Crippen LogP contribution is -2.38. The molecule has 0 aliphatic carbocycles. The Morgan fingerprint density at radius 2 is 1.72 bits per heavy atom. The van der Waals surface area contributed by atoms with E-state index in [-0.39, 0.29) is 31.4 Å². The largest absolute Gasteiger partial charge is 0.463 e. The van der Waals surface area contributed by atoms with Gasteiger partial charge in [0, 0.05) is 36.7 Å². The second-order valence-corrected chi connectivity index (χ2v) is 9.65. The summed E-state index contributed by atoms with van der Waals surface area (Å²) in [5, 5.41) is 0. The summed E-state index contributed by atoms with van der Waals surface area (Å²) in [6.07, 6.45) is 2.00. The van der Waals surface area contributed by atoms with Gasteiger partial charge in [-0.25, -0.2) is 9.18 Å². The van der Waals surface area contributed by atoms with Crippen LogP contribution >= 0.6 is 0 Å². The van der Waals surface area contributed by atoms with E-state index in [1.54, 1.807) is 49.1 Å². The van der Waals surface area contributed by atoms with Crippen LogP contribution in [-0.4, -0.2) is 47.3 Å². The number of ether oxygens (including phenoxy) is 1. The third kappa shape index (κ3) is 5.35. The highest BCUT2D eigenvalue weighted by atomic mass is 19.1. The molecule has 0 bridgehead atoms. The third-order valence-electron chi connectivity index (χ3n) is 7.21. The first-order valence-corrected chi connectivity index (χ1v) is 12.6. The molecular formula is C29H33FN2O4. The Morgan fingerprint density at radius 1 is 1.06 bits per heavy atom. The van der Waals surface area contributed by atoms with Crippen molar-refractivity contribution in [1.29, 1.82) is 0 Å². The molecule has 1 unspecified atom stereocenters. The second kappa shape index (κ2) is 11.1. The Hall–Kier alpha value is -3.48. The van der Waals surface area contributed by atoms with Gasteiger partial charge in [0.05, 0.1) is 18.7 Å². The highest BCUT2D eigenvalue weighted by Crippen LogP contribution is 2.38. The molecule has 0 aromatic heterocycles. The zero-order valence-corrected chi connectivity index (χ0v) is 21.1. The molecule has 4 rings (SSSR count). The summed E-state index contributed by atoms with van der Waals surface area (Å²) in [5.41, 5.74) is 2.52. The summed E-state index contributed by atoms with van der Waals surface area (Å²) in [6.45, 7) is 7.59. The molecule has 2 aromatic rings. The van der Waals surface area contributed by atoms with Crippen LogP contribution in [0.1, 0.15) is 67.4 Å². The van der Waals surface area contributed by atoms with Gasteiger partial charge in [0.2, 0.25) is 5.91 Å². The summed E-state index contributed by atoms with van der Waals surface area (Å²) in [4.78, 5) is 42.4. The highest BCUT2D eigenvalue weighted by molar-refractivity contribution is 5.96. The van der Waals surface area contributed by atoms with Crippen molar-refractivity contribution >= 4 is 17.8 Å². The standard InChI is InChI=1S/C29H33FN2O4/c1-4-36-29(35)27-20(3)32(26(33)17-24(27)23-7-5-6-8-25(23)30)18-21-9-11-22(12-10-21)28(34)31-15-13-19(2)14-16-31/h5-12,19,24H,4,13-18H2,1-3H3. The molecule has 190 valence electrons. The minimum atomic E-state index is -0.707. The number of amides is 2. The molecule has 6 nitrogen and oxygen atoms in total. The zero-order chi connectivity index (χ0) is 25.8. The maximum atomic E-state index is 14.6. The van der Waals surface area contributed by atoms with Gasteiger partial charge in [0.25, 0.3) is 5.91 Å². The fourth-order valence-electron chi connectivity index (χ4n) is 5.03. The summed E-state index contributed by atoms with van der Waals surface area (Å²) in [6, 6.07) is 13.5. The quantitative estimate of drug-likeness (QED) is 0.529. The number of likely N-dealkylation sites (tertiary alicyclic amines) is 1. The van der Waals surface area contributed by atoms with Crippen LogP contribution in [-0.2, 0) is 20.9 Å². The average Bonchev–Trinajstić information content (AvgIpc) is 2.87. The number of esters is 1. The van der Waals surface area contributed by atoms with Crippen LogP contribution in [0.5, 0.6) is 0 Å². The van der Waals surface area contributed by atoms with E-state index in [1.165, 1.54) is 6.07 Å². The maximum absolute atomic E-state index is 14.6. The van der Waals surface area contributed by atoms with Gasteiger partial charge < -0.3 is 14.5 Å². The Labute approximate surface area is 211 Å². The van der Waals surface area contributed by atoms with Gasteiger partial charge >= 0.3 is 5.97 Å². The molecule has 36 heavy (non-hydrogen) atoms. The first kappa shape index (κ1) is 25.6. The number of hydrogen-bond acceptors (Lipinski definition) is 4. The average molecular weight is 493 g/mol. The van der Waals surface area contributed by atoms with Crippen molar-refractivity contribution in [2.24, 2.45) is 5.92 Å². The van der Waals surface area contributed by atoms with Gasteiger partial charge in [-0.15, -0.1) is 0 Å². The van der Waals surface area contributed by atoms with Gasteiger partial charge in [-0.3, -0.25) is 9.59 Å². The Kier molecular flexibility index (Phi) is 7.87. The highest BCUT2D eigenvalue weighted by Gasteiger charge is 2.38. The van der Waals surface area contributed by atoms with Gasteiger partial charge in [-0.05, 0) is 61.9 Å². The number of rotatable bonds is 6. The predicted octanol–water partition coefficient (Wildman–Crippen LogP) is 5.05. The van der Waals surface area contributed by atoms with Crippen molar-refractivity contribution in [3.05, 3.63) is 82.3 Å². The molecule has 2 aromatic carbocycles. The van der Waals surface area contributed by atoms with Crippen LogP contribution < -0.4 is 0 Å². The fourth-order valence-corrected chi connectivity index (χ4v) is 5.03. The molecular weight excluding hydrogens is 459 g/mol. The normalized spacial score (nSPS) is 19.0. The Bertz CT molecular complexity index is 1170. The molecule has 2 heterocycles. The van der Waals surface area contributed by atoms with Crippen LogP contribution in [0.4, 0.5) is 4.39 Å². The maximum Gasteiger partial charge on any atom is 0.336 e. The summed E-state index contributed by atoms with van der Waals surface area (Å²) in [5.74, 6) is -1.24. The van der Waals surface area contributed by atoms with Crippen LogP contribution in [0.15, 0.2) is 59.8 Å². The van der Waals surface area contributed by atoms with E-state index in [0.29, 0.717) is 28.3 Å². The van der Waals surface area contributed by atoms with Crippen molar-refractivity contribution in [3.63, 3.8) is 0 Å². The number of halogens is 1. The lowest BCUT2D eigenvalue weighted by atomic mass is 9.83. The van der Waals surface area contributed by atoms with Crippen LogP contribution in [0.3, 0.4) is 0 Å². The number of carbonyl (C=O) groups is 3. The fraction of sp³-hybridized carbons (Fsp3) is 0.414. The smallest absolute Gasteiger partial charge is 0.336 e.